The van der Waals surface area contributed by atoms with Gasteiger partial charge in [-0.1, -0.05) is 0 Å². The van der Waals surface area contributed by atoms with Crippen LogP contribution in [-0.4, -0.2) is 56.7 Å². The quantitative estimate of drug-likeness (QED) is 0.188. The van der Waals surface area contributed by atoms with Crippen LogP contribution in [0.4, 0.5) is 39.5 Å². The predicted molar refractivity (Wildman–Crippen MR) is 101 cm³/mol. The van der Waals surface area contributed by atoms with Crippen LogP contribution in [0.2, 0.25) is 0 Å². The van der Waals surface area contributed by atoms with E-state index in [-0.39, 0.29) is 0 Å². The van der Waals surface area contributed by atoms with Crippen molar-refractivity contribution in [1.82, 2.24) is 0 Å². The third-order valence-electron chi connectivity index (χ3n) is 2.83. The number of hydrogen-bond acceptors (Lipinski definition) is 6. The first-order valence-electron chi connectivity index (χ1n) is 9.27. The molecule has 32 heavy (non-hydrogen) atoms. The summed E-state index contributed by atoms with van der Waals surface area (Å²) in [5.41, 5.74) is 0. The molecular formula is C15H29F9O6P2. The first-order valence-corrected chi connectivity index (χ1v) is 13.7. The molecule has 0 aromatic heterocycles. The standard InChI is InChI=1S/C15H29F9O6P2/c1-10(2)28-32(29-11(3)4,30-12(5)6)31(25-7-13(16,17)18,26-8-14(19,20)21)27-9-15(22,23)24/h10-12,31-32H,7-9H2,1-6H3. The Balaban J connectivity index is 6.84. The topological polar surface area (TPSA) is 55.4 Å². The summed E-state index contributed by atoms with van der Waals surface area (Å²) >= 11 is 0. The van der Waals surface area contributed by atoms with Crippen molar-refractivity contribution in [2.24, 2.45) is 0 Å². The van der Waals surface area contributed by atoms with Gasteiger partial charge in [0.2, 0.25) is 0 Å². The van der Waals surface area contributed by atoms with Crippen molar-refractivity contribution in [3.8, 4) is 0 Å². The van der Waals surface area contributed by atoms with E-state index in [9.17, 15) is 39.5 Å². The fourth-order valence-electron chi connectivity index (χ4n) is 2.15. The molecule has 0 saturated heterocycles. The molecule has 0 heterocycles. The predicted octanol–water partition coefficient (Wildman–Crippen LogP) is 6.90. The van der Waals surface area contributed by atoms with Crippen LogP contribution >= 0.6 is 15.3 Å². The molecule has 0 radical (unpaired) electrons. The summed E-state index contributed by atoms with van der Waals surface area (Å²) in [6.45, 7) is 1.10. The second-order valence-electron chi connectivity index (χ2n) is 7.32. The van der Waals surface area contributed by atoms with E-state index in [0.717, 1.165) is 0 Å². The van der Waals surface area contributed by atoms with Crippen molar-refractivity contribution in [3.63, 3.8) is 0 Å². The van der Waals surface area contributed by atoms with Crippen LogP contribution in [0, 0.1) is 0 Å². The normalized spacial score (nSPS) is 15.8. The zero-order valence-corrected chi connectivity index (χ0v) is 20.2. The molecule has 0 unspecified atom stereocenters. The molecule has 0 N–H and O–H groups in total. The van der Waals surface area contributed by atoms with Crippen molar-refractivity contribution in [3.05, 3.63) is 0 Å². The minimum absolute atomic E-state index is 0.982. The summed E-state index contributed by atoms with van der Waals surface area (Å²) in [5, 5.41) is 0. The Kier molecular flexibility index (Phi) is 12.1. The van der Waals surface area contributed by atoms with Gasteiger partial charge >= 0.3 is 180 Å². The van der Waals surface area contributed by atoms with Gasteiger partial charge in [0.25, 0.3) is 0 Å². The van der Waals surface area contributed by atoms with Crippen LogP contribution in [-0.2, 0) is 27.1 Å². The summed E-state index contributed by atoms with van der Waals surface area (Å²) < 4.78 is 147. The average Bonchev–Trinajstić information content (AvgIpc) is 2.49. The SMILES string of the molecule is CC(C)O[PH](OC(C)C)(OC(C)C)[PH](OCC(F)(F)F)(OCC(F)(F)F)OCC(F)(F)F. The van der Waals surface area contributed by atoms with Gasteiger partial charge in [0, 0.05) is 0 Å². The van der Waals surface area contributed by atoms with Gasteiger partial charge in [-0.3, -0.25) is 0 Å². The molecule has 17 heteroatoms. The molecule has 0 aliphatic carbocycles. The monoisotopic (exact) mass is 538 g/mol. The second kappa shape index (κ2) is 12.1. The van der Waals surface area contributed by atoms with Crippen molar-refractivity contribution in [2.75, 3.05) is 19.8 Å². The van der Waals surface area contributed by atoms with E-state index in [2.05, 4.69) is 13.6 Å². The Hall–Kier alpha value is -0.0100. The van der Waals surface area contributed by atoms with Gasteiger partial charge in [-0.15, -0.1) is 0 Å². The number of hydrogen-bond donors (Lipinski definition) is 0. The van der Waals surface area contributed by atoms with E-state index in [0.29, 0.717) is 0 Å². The van der Waals surface area contributed by atoms with Crippen molar-refractivity contribution in [1.29, 1.82) is 0 Å². The number of halogens is 9. The van der Waals surface area contributed by atoms with E-state index in [1.807, 2.05) is 0 Å². The summed E-state index contributed by atoms with van der Waals surface area (Å²) in [7, 11) is -10.9. The zero-order chi connectivity index (χ0) is 25.6. The molecule has 0 bridgehead atoms. The molecule has 0 spiro atoms. The molecule has 0 saturated carbocycles. The molecule has 0 aliphatic rings. The van der Waals surface area contributed by atoms with Gasteiger partial charge in [-0.25, -0.2) is 0 Å². The van der Waals surface area contributed by atoms with E-state index in [1.165, 1.54) is 41.5 Å². The van der Waals surface area contributed by atoms with Gasteiger partial charge in [0.05, 0.1) is 0 Å². The zero-order valence-electron chi connectivity index (χ0n) is 18.2. The summed E-state index contributed by atoms with van der Waals surface area (Å²) in [6, 6.07) is 0. The van der Waals surface area contributed by atoms with Crippen molar-refractivity contribution < 1.29 is 66.7 Å². The van der Waals surface area contributed by atoms with Crippen molar-refractivity contribution >= 4 is 15.3 Å². The molecule has 198 valence electrons. The fraction of sp³-hybridized carbons (Fsp3) is 1.00. The van der Waals surface area contributed by atoms with Crippen LogP contribution in [0.25, 0.3) is 0 Å². The molecule has 6 nitrogen and oxygen atoms in total. The van der Waals surface area contributed by atoms with E-state index in [4.69, 9.17) is 13.6 Å². The van der Waals surface area contributed by atoms with Crippen LogP contribution in [0.3, 0.4) is 0 Å². The molecule has 0 fully saturated rings. The van der Waals surface area contributed by atoms with Gasteiger partial charge in [-0.05, 0) is 0 Å². The molecule has 0 atom stereocenters. The third-order valence-corrected chi connectivity index (χ3v) is 12.1. The van der Waals surface area contributed by atoms with Gasteiger partial charge in [-0.2, -0.15) is 0 Å². The average molecular weight is 538 g/mol. The van der Waals surface area contributed by atoms with Gasteiger partial charge < -0.3 is 0 Å². The van der Waals surface area contributed by atoms with Gasteiger partial charge in [0.1, 0.15) is 0 Å². The second-order valence-corrected chi connectivity index (χ2v) is 14.8. The molecule has 0 aliphatic heterocycles. The molecule has 0 aromatic rings. The Morgan fingerprint density at radius 2 is 0.688 bits per heavy atom. The summed E-state index contributed by atoms with van der Waals surface area (Å²) in [5.74, 6) is 0. The molecule has 0 amide bonds. The van der Waals surface area contributed by atoms with Crippen LogP contribution in [0.1, 0.15) is 41.5 Å². The molecule has 0 rings (SSSR count). The Labute approximate surface area is 181 Å². The van der Waals surface area contributed by atoms with Crippen LogP contribution in [0.15, 0.2) is 0 Å². The van der Waals surface area contributed by atoms with E-state index < -0.39 is 71.9 Å². The Morgan fingerprint density at radius 3 is 0.844 bits per heavy atom. The van der Waals surface area contributed by atoms with Crippen LogP contribution < -0.4 is 0 Å². The maximum atomic E-state index is 12.9. The summed E-state index contributed by atoms with van der Waals surface area (Å²) in [4.78, 5) is 0. The first kappa shape index (κ1) is 32.0. The van der Waals surface area contributed by atoms with Crippen LogP contribution in [0.5, 0.6) is 0 Å². The number of rotatable bonds is 13. The Morgan fingerprint density at radius 1 is 0.469 bits per heavy atom. The minimum atomic E-state index is -5.78. The third kappa shape index (κ3) is 12.5. The summed E-state index contributed by atoms with van der Waals surface area (Å²) in [6.07, 6.45) is -18.4. The molecule has 0 aromatic carbocycles. The van der Waals surface area contributed by atoms with E-state index in [1.54, 1.807) is 0 Å². The van der Waals surface area contributed by atoms with Crippen molar-refractivity contribution in [2.45, 2.75) is 78.4 Å². The Bertz CT molecular complexity index is 481. The first-order chi connectivity index (χ1) is 14.1. The number of alkyl halides is 9. The fourth-order valence-corrected chi connectivity index (χ4v) is 12.1. The van der Waals surface area contributed by atoms with Gasteiger partial charge in [0.15, 0.2) is 0 Å². The molecular weight excluding hydrogens is 509 g/mol. The van der Waals surface area contributed by atoms with E-state index >= 15 is 0 Å². The maximum absolute atomic E-state index is 12.9.